The molecular formula is C16H19FN2O2. The number of hydrogen-bond donors (Lipinski definition) is 1. The summed E-state index contributed by atoms with van der Waals surface area (Å²) in [4.78, 5) is 25.6. The van der Waals surface area contributed by atoms with Crippen LogP contribution >= 0.6 is 0 Å². The van der Waals surface area contributed by atoms with Crippen LogP contribution in [0.5, 0.6) is 0 Å². The lowest BCUT2D eigenvalue weighted by Gasteiger charge is -2.24. The molecule has 1 N–H and O–H groups in total. The molecule has 1 aliphatic carbocycles. The molecule has 1 aliphatic heterocycles. The van der Waals surface area contributed by atoms with Crippen molar-refractivity contribution < 1.29 is 14.0 Å². The zero-order chi connectivity index (χ0) is 15.0. The molecule has 2 atom stereocenters. The van der Waals surface area contributed by atoms with Gasteiger partial charge in [-0.2, -0.15) is 0 Å². The summed E-state index contributed by atoms with van der Waals surface area (Å²) in [6.07, 6.45) is 3.20. The number of amides is 2. The van der Waals surface area contributed by atoms with E-state index >= 15 is 0 Å². The maximum atomic E-state index is 13.4. The van der Waals surface area contributed by atoms with E-state index in [-0.39, 0.29) is 29.7 Å². The van der Waals surface area contributed by atoms with Crippen molar-refractivity contribution in [1.82, 2.24) is 10.2 Å². The van der Waals surface area contributed by atoms with Gasteiger partial charge in [-0.05, 0) is 48.9 Å². The molecule has 4 nitrogen and oxygen atoms in total. The third-order valence-corrected chi connectivity index (χ3v) is 4.46. The highest BCUT2D eigenvalue weighted by Gasteiger charge is 2.34. The molecule has 2 amide bonds. The Morgan fingerprint density at radius 2 is 2.14 bits per heavy atom. The lowest BCUT2D eigenvalue weighted by atomic mass is 10.1. The number of rotatable bonds is 2. The summed E-state index contributed by atoms with van der Waals surface area (Å²) < 4.78 is 13.4. The lowest BCUT2D eigenvalue weighted by Crippen LogP contribution is -2.45. The van der Waals surface area contributed by atoms with Crippen LogP contribution < -0.4 is 5.32 Å². The third kappa shape index (κ3) is 2.64. The van der Waals surface area contributed by atoms with E-state index in [1.165, 1.54) is 19.1 Å². The minimum atomic E-state index is -0.375. The number of aryl methyl sites for hydroxylation is 1. The molecule has 21 heavy (non-hydrogen) atoms. The number of fused-ring (bicyclic) bond motifs is 1. The van der Waals surface area contributed by atoms with E-state index in [0.29, 0.717) is 13.0 Å². The molecule has 1 aromatic carbocycles. The van der Waals surface area contributed by atoms with E-state index in [2.05, 4.69) is 5.32 Å². The fourth-order valence-electron chi connectivity index (χ4n) is 3.41. The summed E-state index contributed by atoms with van der Waals surface area (Å²) in [5, 5.41) is 2.99. The van der Waals surface area contributed by atoms with Crippen molar-refractivity contribution in [3.8, 4) is 0 Å². The van der Waals surface area contributed by atoms with Gasteiger partial charge in [0.05, 0.1) is 6.04 Å². The van der Waals surface area contributed by atoms with Gasteiger partial charge < -0.3 is 10.2 Å². The van der Waals surface area contributed by atoms with E-state index in [4.69, 9.17) is 0 Å². The quantitative estimate of drug-likeness (QED) is 0.905. The van der Waals surface area contributed by atoms with Gasteiger partial charge in [-0.25, -0.2) is 4.39 Å². The van der Waals surface area contributed by atoms with Crippen LogP contribution in [0.3, 0.4) is 0 Å². The number of nitrogens with one attached hydrogen (secondary N) is 1. The monoisotopic (exact) mass is 290 g/mol. The predicted octanol–water partition coefficient (Wildman–Crippen LogP) is 1.94. The van der Waals surface area contributed by atoms with Gasteiger partial charge >= 0.3 is 0 Å². The summed E-state index contributed by atoms with van der Waals surface area (Å²) in [6.45, 7) is 2.13. The number of nitrogens with zero attached hydrogens (tertiary/aromatic N) is 1. The number of likely N-dealkylation sites (tertiary alicyclic amines) is 1. The SMILES string of the molecule is CC(=O)N1CCCC1C(=O)NC1CCc2ccc(F)cc21. The first-order valence-electron chi connectivity index (χ1n) is 7.42. The fourth-order valence-corrected chi connectivity index (χ4v) is 3.41. The molecule has 2 unspecified atom stereocenters. The van der Waals surface area contributed by atoms with Crippen LogP contribution in [-0.2, 0) is 16.0 Å². The van der Waals surface area contributed by atoms with Gasteiger partial charge in [0.1, 0.15) is 11.9 Å². The zero-order valence-electron chi connectivity index (χ0n) is 12.1. The second-order valence-corrected chi connectivity index (χ2v) is 5.81. The van der Waals surface area contributed by atoms with E-state index in [1.807, 2.05) is 0 Å². The Labute approximate surface area is 123 Å². The maximum Gasteiger partial charge on any atom is 0.243 e. The highest BCUT2D eigenvalue weighted by atomic mass is 19.1. The second-order valence-electron chi connectivity index (χ2n) is 5.81. The van der Waals surface area contributed by atoms with Crippen LogP contribution in [0.15, 0.2) is 18.2 Å². The molecule has 1 saturated heterocycles. The molecule has 0 radical (unpaired) electrons. The molecule has 112 valence electrons. The van der Waals surface area contributed by atoms with Crippen LogP contribution in [0, 0.1) is 5.82 Å². The predicted molar refractivity (Wildman–Crippen MR) is 76.0 cm³/mol. The summed E-state index contributed by atoms with van der Waals surface area (Å²) in [5.74, 6) is -0.462. The molecule has 3 rings (SSSR count). The highest BCUT2D eigenvalue weighted by molar-refractivity contribution is 5.87. The van der Waals surface area contributed by atoms with Crippen LogP contribution in [0.4, 0.5) is 4.39 Å². The Balaban J connectivity index is 1.72. The van der Waals surface area contributed by atoms with Crippen molar-refractivity contribution in [3.05, 3.63) is 35.1 Å². The number of carbonyl (C=O) groups is 2. The molecule has 2 aliphatic rings. The van der Waals surface area contributed by atoms with Crippen molar-refractivity contribution in [1.29, 1.82) is 0 Å². The Hall–Kier alpha value is -1.91. The first kappa shape index (κ1) is 14.0. The van der Waals surface area contributed by atoms with Crippen LogP contribution in [0.2, 0.25) is 0 Å². The van der Waals surface area contributed by atoms with Crippen molar-refractivity contribution >= 4 is 11.8 Å². The highest BCUT2D eigenvalue weighted by Crippen LogP contribution is 2.32. The van der Waals surface area contributed by atoms with Crippen molar-refractivity contribution in [3.63, 3.8) is 0 Å². The largest absolute Gasteiger partial charge is 0.347 e. The molecule has 1 heterocycles. The lowest BCUT2D eigenvalue weighted by molar-refractivity contribution is -0.137. The number of halogens is 1. The van der Waals surface area contributed by atoms with Gasteiger partial charge in [-0.3, -0.25) is 9.59 Å². The molecule has 5 heteroatoms. The van der Waals surface area contributed by atoms with Gasteiger partial charge in [-0.1, -0.05) is 6.07 Å². The summed E-state index contributed by atoms with van der Waals surface area (Å²) >= 11 is 0. The van der Waals surface area contributed by atoms with E-state index in [1.54, 1.807) is 11.0 Å². The van der Waals surface area contributed by atoms with Gasteiger partial charge in [0.2, 0.25) is 11.8 Å². The molecule has 0 bridgehead atoms. The summed E-state index contributed by atoms with van der Waals surface area (Å²) in [5.41, 5.74) is 1.97. The van der Waals surface area contributed by atoms with Gasteiger partial charge in [0, 0.05) is 13.5 Å². The zero-order valence-corrected chi connectivity index (χ0v) is 12.1. The number of carbonyl (C=O) groups excluding carboxylic acids is 2. The normalized spacial score (nSPS) is 24.0. The van der Waals surface area contributed by atoms with Crippen molar-refractivity contribution in [2.75, 3.05) is 6.54 Å². The number of hydrogen-bond acceptors (Lipinski definition) is 2. The smallest absolute Gasteiger partial charge is 0.243 e. The van der Waals surface area contributed by atoms with Crippen LogP contribution in [0.25, 0.3) is 0 Å². The Bertz CT molecular complexity index is 588. The van der Waals surface area contributed by atoms with Crippen LogP contribution in [-0.4, -0.2) is 29.3 Å². The molecular weight excluding hydrogens is 271 g/mol. The van der Waals surface area contributed by atoms with Gasteiger partial charge in [-0.15, -0.1) is 0 Å². The fraction of sp³-hybridized carbons (Fsp3) is 0.500. The Morgan fingerprint density at radius 3 is 2.90 bits per heavy atom. The van der Waals surface area contributed by atoms with Gasteiger partial charge in [0.25, 0.3) is 0 Å². The average molecular weight is 290 g/mol. The Morgan fingerprint density at radius 1 is 1.33 bits per heavy atom. The first-order valence-corrected chi connectivity index (χ1v) is 7.42. The Kier molecular flexibility index (Phi) is 3.66. The molecule has 1 fully saturated rings. The maximum absolute atomic E-state index is 13.4. The third-order valence-electron chi connectivity index (χ3n) is 4.46. The van der Waals surface area contributed by atoms with Gasteiger partial charge in [0.15, 0.2) is 0 Å². The standard InChI is InChI=1S/C16H19FN2O2/c1-10(20)19-8-2-3-15(19)16(21)18-14-7-5-11-4-6-12(17)9-13(11)14/h4,6,9,14-15H,2-3,5,7-8H2,1H3,(H,18,21). The topological polar surface area (TPSA) is 49.4 Å². The second kappa shape index (κ2) is 5.47. The molecule has 0 saturated carbocycles. The number of benzene rings is 1. The molecule has 0 spiro atoms. The van der Waals surface area contributed by atoms with E-state index in [0.717, 1.165) is 30.4 Å². The van der Waals surface area contributed by atoms with E-state index in [9.17, 15) is 14.0 Å². The van der Waals surface area contributed by atoms with E-state index < -0.39 is 0 Å². The minimum Gasteiger partial charge on any atom is -0.347 e. The minimum absolute atomic E-state index is 0.0643. The average Bonchev–Trinajstić information content (AvgIpc) is 3.06. The summed E-state index contributed by atoms with van der Waals surface area (Å²) in [6, 6.07) is 4.23. The molecule has 1 aromatic rings. The summed E-state index contributed by atoms with van der Waals surface area (Å²) in [7, 11) is 0. The van der Waals surface area contributed by atoms with Crippen molar-refractivity contribution in [2.45, 2.75) is 44.7 Å². The van der Waals surface area contributed by atoms with Crippen molar-refractivity contribution in [2.24, 2.45) is 0 Å². The first-order chi connectivity index (χ1) is 10.1. The van der Waals surface area contributed by atoms with Crippen LogP contribution in [0.1, 0.15) is 43.4 Å². The molecule has 0 aromatic heterocycles.